The van der Waals surface area contributed by atoms with E-state index in [2.05, 4.69) is 122 Å². The Balaban J connectivity index is 1.32. The number of rotatable bonds is 3. The lowest BCUT2D eigenvalue weighted by molar-refractivity contribution is 0.360. The summed E-state index contributed by atoms with van der Waals surface area (Å²) in [5.41, 5.74) is 2.68. The van der Waals surface area contributed by atoms with Crippen LogP contribution in [0, 0.1) is 0 Å². The number of hydrogen-bond acceptors (Lipinski definition) is 5. The van der Waals surface area contributed by atoms with E-state index in [0.717, 1.165) is 40.1 Å². The van der Waals surface area contributed by atoms with E-state index in [1.807, 2.05) is 36.4 Å². The van der Waals surface area contributed by atoms with Gasteiger partial charge < -0.3 is 18.9 Å². The second kappa shape index (κ2) is 10.1. The van der Waals surface area contributed by atoms with E-state index >= 15 is 0 Å². The van der Waals surface area contributed by atoms with Crippen LogP contribution in [0.4, 0.5) is 17.1 Å². The maximum atomic E-state index is 6.90. The van der Waals surface area contributed by atoms with E-state index in [0.29, 0.717) is 23.0 Å². The summed E-state index contributed by atoms with van der Waals surface area (Å²) in [7, 11) is -4.24. The third-order valence-electron chi connectivity index (χ3n) is 9.84. The van der Waals surface area contributed by atoms with E-state index in [1.165, 1.54) is 20.7 Å². The van der Waals surface area contributed by atoms with E-state index in [-0.39, 0.29) is 0 Å². The van der Waals surface area contributed by atoms with Crippen molar-refractivity contribution < 1.29 is 18.9 Å². The van der Waals surface area contributed by atoms with Gasteiger partial charge in [-0.05, 0) is 69.3 Å². The second-order valence-electron chi connectivity index (χ2n) is 13.3. The summed E-state index contributed by atoms with van der Waals surface area (Å²) in [6.07, 6.45) is 0. The Morgan fingerprint density at radius 3 is 1.23 bits per heavy atom. The van der Waals surface area contributed by atoms with Crippen molar-refractivity contribution in [3.8, 4) is 46.0 Å². The zero-order chi connectivity index (χ0) is 31.9. The predicted octanol–water partition coefficient (Wildman–Crippen LogP) is 8.91. The zero-order valence-corrected chi connectivity index (χ0v) is 28.7. The number of benzene rings is 6. The van der Waals surface area contributed by atoms with Crippen LogP contribution in [0.2, 0.25) is 26.2 Å². The third kappa shape index (κ3) is 4.13. The summed E-state index contributed by atoms with van der Waals surface area (Å²) >= 11 is 0. The highest BCUT2D eigenvalue weighted by Gasteiger charge is 2.42. The summed E-state index contributed by atoms with van der Waals surface area (Å²) in [5.74, 6) is 6.23. The lowest BCUT2D eigenvalue weighted by Gasteiger charge is -2.39. The van der Waals surface area contributed by atoms with Gasteiger partial charge in [0.2, 0.25) is 0 Å². The molecule has 47 heavy (non-hydrogen) atoms. The minimum atomic E-state index is -2.12. The molecule has 230 valence electrons. The van der Waals surface area contributed by atoms with Crippen molar-refractivity contribution in [3.05, 3.63) is 127 Å². The number of hydrogen-bond donors (Lipinski definition) is 0. The summed E-state index contributed by atoms with van der Waals surface area (Å²) in [4.78, 5) is 2.25. The molecule has 0 unspecified atom stereocenters. The van der Waals surface area contributed by atoms with Gasteiger partial charge in [-0.25, -0.2) is 0 Å². The predicted molar refractivity (Wildman–Crippen MR) is 194 cm³/mol. The maximum Gasteiger partial charge on any atom is 0.194 e. The average molecular weight is 648 g/mol. The van der Waals surface area contributed by atoms with Gasteiger partial charge >= 0.3 is 0 Å². The Bertz CT molecular complexity index is 2140. The van der Waals surface area contributed by atoms with Crippen LogP contribution in [0.3, 0.4) is 0 Å². The lowest BCUT2D eigenvalue weighted by atomic mass is 10.1. The molecule has 0 aliphatic carbocycles. The van der Waals surface area contributed by atoms with Gasteiger partial charge in [0.25, 0.3) is 0 Å². The minimum absolute atomic E-state index is 0.641. The van der Waals surface area contributed by atoms with Crippen molar-refractivity contribution in [3.63, 3.8) is 0 Å². The van der Waals surface area contributed by atoms with Crippen LogP contribution in [0.25, 0.3) is 0 Å². The van der Waals surface area contributed by atoms with Crippen LogP contribution < -0.4 is 44.6 Å². The van der Waals surface area contributed by atoms with Crippen molar-refractivity contribution in [1.82, 2.24) is 0 Å². The standard InChI is InChI=1S/C40H33NO4Si2/c1-46(2)34-22-9-7-19-31(34)44-39-27(15-12-24-36(39)46)41(26-14-11-21-33-38(26)43-30-18-6-5-17-29(30)42-33)28-16-13-25-37-40(28)45-32-20-8-10-23-35(32)47(37,3)4/h5-25H,1-4H3. The van der Waals surface area contributed by atoms with Crippen molar-refractivity contribution in [2.75, 3.05) is 4.90 Å². The monoisotopic (exact) mass is 647 g/mol. The average Bonchev–Trinajstić information content (AvgIpc) is 3.08. The fourth-order valence-electron chi connectivity index (χ4n) is 7.35. The fourth-order valence-corrected chi connectivity index (χ4v) is 13.0. The minimum Gasteiger partial charge on any atom is -0.455 e. The molecule has 0 saturated heterocycles. The summed E-state index contributed by atoms with van der Waals surface area (Å²) in [6.45, 7) is 9.60. The van der Waals surface area contributed by atoms with Crippen molar-refractivity contribution in [2.24, 2.45) is 0 Å². The van der Waals surface area contributed by atoms with Gasteiger partial charge in [-0.2, -0.15) is 0 Å². The molecular weight excluding hydrogens is 615 g/mol. The molecule has 9 rings (SSSR count). The summed E-state index contributed by atoms with van der Waals surface area (Å²) in [5, 5.41) is 5.09. The first-order valence-electron chi connectivity index (χ1n) is 16.0. The molecule has 3 aliphatic heterocycles. The molecule has 5 nitrogen and oxygen atoms in total. The molecule has 0 bridgehead atoms. The molecule has 3 heterocycles. The highest BCUT2D eigenvalue weighted by atomic mass is 28.3. The maximum absolute atomic E-state index is 6.90. The summed E-state index contributed by atoms with van der Waals surface area (Å²) < 4.78 is 26.9. The lowest BCUT2D eigenvalue weighted by Crippen LogP contribution is -2.56. The van der Waals surface area contributed by atoms with Crippen molar-refractivity contribution in [1.29, 1.82) is 0 Å². The largest absolute Gasteiger partial charge is 0.455 e. The number of para-hydroxylation sites is 7. The Morgan fingerprint density at radius 2 is 0.702 bits per heavy atom. The Kier molecular flexibility index (Phi) is 6.04. The smallest absolute Gasteiger partial charge is 0.194 e. The fraction of sp³-hybridized carbons (Fsp3) is 0.100. The Morgan fingerprint density at radius 1 is 0.340 bits per heavy atom. The van der Waals surface area contributed by atoms with Gasteiger partial charge in [-0.15, -0.1) is 0 Å². The van der Waals surface area contributed by atoms with Crippen LogP contribution in [0.5, 0.6) is 46.0 Å². The van der Waals surface area contributed by atoms with Gasteiger partial charge in [0.1, 0.15) is 27.6 Å². The van der Waals surface area contributed by atoms with Gasteiger partial charge in [-0.1, -0.05) is 105 Å². The first kappa shape index (κ1) is 28.0. The van der Waals surface area contributed by atoms with Crippen LogP contribution in [-0.4, -0.2) is 16.1 Å². The molecule has 0 amide bonds. The van der Waals surface area contributed by atoms with Gasteiger partial charge in [0.05, 0.1) is 17.1 Å². The van der Waals surface area contributed by atoms with Crippen LogP contribution >= 0.6 is 0 Å². The molecule has 6 aromatic carbocycles. The molecule has 6 aromatic rings. The van der Waals surface area contributed by atoms with E-state index in [4.69, 9.17) is 18.9 Å². The molecule has 3 aliphatic rings. The number of fused-ring (bicyclic) bond motifs is 6. The molecule has 0 saturated carbocycles. The van der Waals surface area contributed by atoms with Gasteiger partial charge in [0, 0.05) is 0 Å². The molecule has 0 atom stereocenters. The SMILES string of the molecule is C[Si]1(C)c2ccccc2Oc2c(N(c3cccc4c3Oc3ccccc3O4)c3cccc4c3Oc3ccccc3[Si]4(C)C)cccc21. The Hall–Kier alpha value is -5.25. The Labute approximate surface area is 276 Å². The number of ether oxygens (including phenoxy) is 4. The van der Waals surface area contributed by atoms with Crippen LogP contribution in [-0.2, 0) is 0 Å². The van der Waals surface area contributed by atoms with E-state index in [9.17, 15) is 0 Å². The quantitative estimate of drug-likeness (QED) is 0.179. The van der Waals surface area contributed by atoms with Crippen LogP contribution in [0.1, 0.15) is 0 Å². The van der Waals surface area contributed by atoms with Crippen molar-refractivity contribution >= 4 is 54.0 Å². The number of anilines is 3. The van der Waals surface area contributed by atoms with Gasteiger partial charge in [-0.3, -0.25) is 4.90 Å². The second-order valence-corrected chi connectivity index (χ2v) is 22.0. The van der Waals surface area contributed by atoms with Crippen molar-refractivity contribution in [2.45, 2.75) is 26.2 Å². The molecule has 0 N–H and O–H groups in total. The first-order valence-corrected chi connectivity index (χ1v) is 22.0. The van der Waals surface area contributed by atoms with E-state index in [1.54, 1.807) is 0 Å². The summed E-state index contributed by atoms with van der Waals surface area (Å²) in [6, 6.07) is 43.9. The van der Waals surface area contributed by atoms with Gasteiger partial charge in [0.15, 0.2) is 34.5 Å². The first-order chi connectivity index (χ1) is 22.8. The molecule has 0 aromatic heterocycles. The molecular formula is C40H33NO4Si2. The highest BCUT2D eigenvalue weighted by Crippen LogP contribution is 2.55. The molecule has 0 radical (unpaired) electrons. The van der Waals surface area contributed by atoms with E-state index < -0.39 is 16.1 Å². The topological polar surface area (TPSA) is 40.2 Å². The highest BCUT2D eigenvalue weighted by molar-refractivity contribution is 7.02. The molecule has 0 spiro atoms. The zero-order valence-electron chi connectivity index (χ0n) is 26.7. The third-order valence-corrected chi connectivity index (χ3v) is 16.8. The number of nitrogens with zero attached hydrogens (tertiary/aromatic N) is 1. The molecule has 7 heteroatoms. The molecule has 0 fully saturated rings. The van der Waals surface area contributed by atoms with Crippen LogP contribution in [0.15, 0.2) is 127 Å². The normalized spacial score (nSPS) is 15.4.